The van der Waals surface area contributed by atoms with E-state index in [4.69, 9.17) is 5.73 Å². The van der Waals surface area contributed by atoms with Crippen molar-refractivity contribution < 1.29 is 17.6 Å². The number of nitrogens with one attached hydrogen (secondary N) is 1. The maximum Gasteiger partial charge on any atom is 0.419 e. The van der Waals surface area contributed by atoms with Crippen LogP contribution in [0.4, 0.5) is 23.2 Å². The molecule has 0 saturated heterocycles. The van der Waals surface area contributed by atoms with E-state index in [0.29, 0.717) is 12.1 Å². The van der Waals surface area contributed by atoms with E-state index in [1.54, 1.807) is 0 Å². The predicted octanol–water partition coefficient (Wildman–Crippen LogP) is 2.20. The Morgan fingerprint density at radius 3 is 2.50 bits per heavy atom. The lowest BCUT2D eigenvalue weighted by molar-refractivity contribution is -0.139. The molecule has 1 aromatic rings. The molecule has 0 unspecified atom stereocenters. The maximum absolute atomic E-state index is 12.9. The van der Waals surface area contributed by atoms with Crippen LogP contribution in [-0.2, 0) is 6.18 Å². The molecule has 0 amide bonds. The largest absolute Gasteiger partial charge is 0.419 e. The monoisotopic (exact) mass is 235 g/mol. The van der Waals surface area contributed by atoms with E-state index in [0.717, 1.165) is 6.07 Å². The summed E-state index contributed by atoms with van der Waals surface area (Å²) in [7, 11) is 1.37. The quantitative estimate of drug-likeness (QED) is 0.445. The van der Waals surface area contributed by atoms with E-state index in [1.807, 2.05) is 0 Å². The van der Waals surface area contributed by atoms with Crippen LogP contribution in [0.15, 0.2) is 23.2 Å². The molecule has 0 fully saturated rings. The van der Waals surface area contributed by atoms with E-state index in [2.05, 4.69) is 10.3 Å². The maximum atomic E-state index is 12.9. The first kappa shape index (κ1) is 12.3. The molecule has 88 valence electrons. The summed E-state index contributed by atoms with van der Waals surface area (Å²) in [5, 5.41) is 2.39. The summed E-state index contributed by atoms with van der Waals surface area (Å²) in [5.74, 6) is -1.38. The number of halogens is 4. The zero-order valence-electron chi connectivity index (χ0n) is 8.27. The van der Waals surface area contributed by atoms with Crippen molar-refractivity contribution in [1.29, 1.82) is 0 Å². The number of hydrogen-bond donors (Lipinski definition) is 2. The van der Waals surface area contributed by atoms with Crippen molar-refractivity contribution in [3.8, 4) is 0 Å². The van der Waals surface area contributed by atoms with Gasteiger partial charge < -0.3 is 11.1 Å². The molecule has 0 aliphatic rings. The fourth-order valence-electron chi connectivity index (χ4n) is 1.02. The Hall–Kier alpha value is -1.79. The lowest BCUT2D eigenvalue weighted by Gasteiger charge is -2.10. The first-order valence-electron chi connectivity index (χ1n) is 4.20. The van der Waals surface area contributed by atoms with Crippen LogP contribution in [0.3, 0.4) is 0 Å². The number of aliphatic imine (C=N–C) groups is 1. The highest BCUT2D eigenvalue weighted by atomic mass is 19.4. The van der Waals surface area contributed by atoms with Gasteiger partial charge in [0.1, 0.15) is 5.82 Å². The molecule has 16 heavy (non-hydrogen) atoms. The van der Waals surface area contributed by atoms with Crippen LogP contribution in [0.5, 0.6) is 0 Å². The Balaban J connectivity index is 3.08. The highest BCUT2D eigenvalue weighted by molar-refractivity contribution is 5.92. The Morgan fingerprint density at radius 2 is 2.00 bits per heavy atom. The molecule has 3 nitrogen and oxygen atoms in total. The molecule has 0 saturated carbocycles. The minimum absolute atomic E-state index is 0.0248. The number of alkyl halides is 3. The van der Waals surface area contributed by atoms with Gasteiger partial charge in [-0.1, -0.05) is 0 Å². The fourth-order valence-corrected chi connectivity index (χ4v) is 1.02. The summed E-state index contributed by atoms with van der Waals surface area (Å²) in [6.45, 7) is 0. The number of guanidine groups is 1. The summed E-state index contributed by atoms with van der Waals surface area (Å²) >= 11 is 0. The number of hydrogen-bond acceptors (Lipinski definition) is 1. The van der Waals surface area contributed by atoms with E-state index in [-0.39, 0.29) is 11.6 Å². The van der Waals surface area contributed by atoms with E-state index >= 15 is 0 Å². The van der Waals surface area contributed by atoms with Crippen LogP contribution < -0.4 is 11.1 Å². The van der Waals surface area contributed by atoms with Gasteiger partial charge in [0, 0.05) is 12.7 Å². The number of benzene rings is 1. The summed E-state index contributed by atoms with van der Waals surface area (Å²) in [6, 6.07) is 2.49. The van der Waals surface area contributed by atoms with Gasteiger partial charge in [-0.15, -0.1) is 0 Å². The summed E-state index contributed by atoms with van der Waals surface area (Å²) in [4.78, 5) is 3.51. The molecular weight excluding hydrogens is 226 g/mol. The van der Waals surface area contributed by atoms with Crippen molar-refractivity contribution in [3.63, 3.8) is 0 Å². The van der Waals surface area contributed by atoms with Gasteiger partial charge in [0.15, 0.2) is 5.96 Å². The number of nitrogens with zero attached hydrogens (tertiary/aromatic N) is 1. The molecule has 0 aliphatic heterocycles. The average Bonchev–Trinajstić information content (AvgIpc) is 2.19. The molecule has 0 aliphatic carbocycles. The van der Waals surface area contributed by atoms with Crippen LogP contribution in [0.1, 0.15) is 5.56 Å². The molecule has 3 N–H and O–H groups in total. The smallest absolute Gasteiger partial charge is 0.370 e. The van der Waals surface area contributed by atoms with Crippen molar-refractivity contribution in [2.24, 2.45) is 10.7 Å². The lowest BCUT2D eigenvalue weighted by Crippen LogP contribution is -2.22. The predicted molar refractivity (Wildman–Crippen MR) is 52.6 cm³/mol. The zero-order valence-corrected chi connectivity index (χ0v) is 8.27. The normalized spacial score (nSPS) is 12.7. The van der Waals surface area contributed by atoms with Crippen molar-refractivity contribution in [2.45, 2.75) is 6.18 Å². The first-order chi connectivity index (χ1) is 7.34. The second-order valence-corrected chi connectivity index (χ2v) is 2.93. The topological polar surface area (TPSA) is 50.4 Å². The molecule has 1 aromatic carbocycles. The van der Waals surface area contributed by atoms with Crippen molar-refractivity contribution in [2.75, 3.05) is 12.4 Å². The highest BCUT2D eigenvalue weighted by Gasteiger charge is 2.34. The number of rotatable bonds is 1. The van der Waals surface area contributed by atoms with E-state index in [1.165, 1.54) is 7.05 Å². The molecule has 0 bridgehead atoms. The Kier molecular flexibility index (Phi) is 3.36. The van der Waals surface area contributed by atoms with Crippen LogP contribution in [-0.4, -0.2) is 13.0 Å². The number of nitrogens with two attached hydrogens (primary N) is 1. The highest BCUT2D eigenvalue weighted by Crippen LogP contribution is 2.32. The SMILES string of the molecule is CN=C(N)Nc1ccc(F)c(C(F)(F)F)c1. The zero-order chi connectivity index (χ0) is 12.3. The molecule has 7 heteroatoms. The summed E-state index contributed by atoms with van der Waals surface area (Å²) in [5.41, 5.74) is 3.94. The van der Waals surface area contributed by atoms with E-state index in [9.17, 15) is 17.6 Å². The van der Waals surface area contributed by atoms with Crippen molar-refractivity contribution >= 4 is 11.6 Å². The van der Waals surface area contributed by atoms with Crippen LogP contribution >= 0.6 is 0 Å². The third kappa shape index (κ3) is 2.85. The third-order valence-corrected chi connectivity index (χ3v) is 1.79. The molecule has 0 radical (unpaired) electrons. The number of anilines is 1. The standard InChI is InChI=1S/C9H9F4N3/c1-15-8(14)16-5-2-3-7(10)6(4-5)9(11,12)13/h2-4H,1H3,(H3,14,15,16). The first-order valence-corrected chi connectivity index (χ1v) is 4.20. The summed E-state index contributed by atoms with van der Waals surface area (Å²) < 4.78 is 49.8. The Morgan fingerprint density at radius 1 is 1.38 bits per heavy atom. The molecule has 1 rings (SSSR count). The Labute approximate surface area is 89.0 Å². The second kappa shape index (κ2) is 4.38. The molecular formula is C9H9F4N3. The minimum atomic E-state index is -4.74. The van der Waals surface area contributed by atoms with Crippen molar-refractivity contribution in [1.82, 2.24) is 0 Å². The molecule has 0 spiro atoms. The molecule has 0 heterocycles. The molecule has 0 atom stereocenters. The molecule has 0 aromatic heterocycles. The Bertz CT molecular complexity index is 412. The van der Waals surface area contributed by atoms with Gasteiger partial charge in [0.05, 0.1) is 5.56 Å². The third-order valence-electron chi connectivity index (χ3n) is 1.79. The lowest BCUT2D eigenvalue weighted by atomic mass is 10.2. The minimum Gasteiger partial charge on any atom is -0.370 e. The van der Waals surface area contributed by atoms with Gasteiger partial charge >= 0.3 is 6.18 Å². The van der Waals surface area contributed by atoms with Crippen LogP contribution in [0, 0.1) is 5.82 Å². The second-order valence-electron chi connectivity index (χ2n) is 2.93. The van der Waals surface area contributed by atoms with Gasteiger partial charge in [0.2, 0.25) is 0 Å². The average molecular weight is 235 g/mol. The van der Waals surface area contributed by atoms with E-state index < -0.39 is 17.6 Å². The van der Waals surface area contributed by atoms with Gasteiger partial charge in [-0.2, -0.15) is 13.2 Å². The van der Waals surface area contributed by atoms with Gasteiger partial charge in [-0.3, -0.25) is 4.99 Å². The van der Waals surface area contributed by atoms with Gasteiger partial charge in [-0.25, -0.2) is 4.39 Å². The van der Waals surface area contributed by atoms with Gasteiger partial charge in [-0.05, 0) is 18.2 Å². The van der Waals surface area contributed by atoms with Gasteiger partial charge in [0.25, 0.3) is 0 Å². The van der Waals surface area contributed by atoms with Crippen LogP contribution in [0.2, 0.25) is 0 Å². The van der Waals surface area contributed by atoms with Crippen molar-refractivity contribution in [3.05, 3.63) is 29.6 Å². The van der Waals surface area contributed by atoms with Crippen LogP contribution in [0.25, 0.3) is 0 Å². The fraction of sp³-hybridized carbons (Fsp3) is 0.222. The summed E-state index contributed by atoms with van der Waals surface area (Å²) in [6.07, 6.45) is -4.74.